The number of hydrogen-bond acceptors (Lipinski definition) is 2. The van der Waals surface area contributed by atoms with Crippen molar-refractivity contribution in [1.82, 2.24) is 9.47 Å². The van der Waals surface area contributed by atoms with Crippen LogP contribution in [0.3, 0.4) is 0 Å². The van der Waals surface area contributed by atoms with E-state index in [9.17, 15) is 14.0 Å². The molecule has 5 nitrogen and oxygen atoms in total. The van der Waals surface area contributed by atoms with Crippen molar-refractivity contribution in [2.24, 2.45) is 0 Å². The summed E-state index contributed by atoms with van der Waals surface area (Å²) in [7, 11) is 1.58. The molecule has 6 heteroatoms. The van der Waals surface area contributed by atoms with Crippen molar-refractivity contribution in [2.75, 3.05) is 18.9 Å². The van der Waals surface area contributed by atoms with Crippen LogP contribution in [-0.4, -0.2) is 34.9 Å². The lowest BCUT2D eigenvalue weighted by atomic mass is 10.2. The molecule has 156 valence electrons. The summed E-state index contributed by atoms with van der Waals surface area (Å²) in [5.74, 6) is -0.927. The zero-order valence-electron chi connectivity index (χ0n) is 17.1. The number of hydrogen-bond donors (Lipinski definition) is 1. The molecule has 4 rings (SSSR count). The summed E-state index contributed by atoms with van der Waals surface area (Å²) in [6, 6.07) is 25.0. The van der Waals surface area contributed by atoms with E-state index in [0.717, 1.165) is 10.9 Å². The Morgan fingerprint density at radius 1 is 0.935 bits per heavy atom. The van der Waals surface area contributed by atoms with E-state index in [2.05, 4.69) is 5.32 Å². The molecule has 2 amide bonds. The maximum absolute atomic E-state index is 14.3. The molecule has 0 aliphatic rings. The first-order valence-corrected chi connectivity index (χ1v) is 9.95. The molecule has 0 bridgehead atoms. The summed E-state index contributed by atoms with van der Waals surface area (Å²) in [4.78, 5) is 27.0. The van der Waals surface area contributed by atoms with E-state index in [0.29, 0.717) is 16.9 Å². The average molecular weight is 415 g/mol. The molecular formula is C25H22FN3O2. The summed E-state index contributed by atoms with van der Waals surface area (Å²) in [6.45, 7) is 0.111. The smallest absolute Gasteiger partial charge is 0.270 e. The van der Waals surface area contributed by atoms with Gasteiger partial charge >= 0.3 is 0 Å². The monoisotopic (exact) mass is 415 g/mol. The second kappa shape index (κ2) is 8.83. The number of fused-ring (bicyclic) bond motifs is 1. The van der Waals surface area contributed by atoms with Crippen molar-refractivity contribution in [2.45, 2.75) is 6.54 Å². The van der Waals surface area contributed by atoms with Crippen LogP contribution in [0.2, 0.25) is 0 Å². The predicted octanol–water partition coefficient (Wildman–Crippen LogP) is 4.54. The Bertz CT molecular complexity index is 1230. The minimum atomic E-state index is -0.325. The van der Waals surface area contributed by atoms with Crippen molar-refractivity contribution >= 4 is 28.4 Å². The third kappa shape index (κ3) is 4.48. The van der Waals surface area contributed by atoms with E-state index in [1.165, 1.54) is 11.0 Å². The van der Waals surface area contributed by atoms with Crippen LogP contribution in [0.4, 0.5) is 10.1 Å². The zero-order valence-corrected chi connectivity index (χ0v) is 17.1. The third-order valence-corrected chi connectivity index (χ3v) is 5.10. The average Bonchev–Trinajstić information content (AvgIpc) is 3.13. The highest BCUT2D eigenvalue weighted by Crippen LogP contribution is 2.23. The molecule has 0 aliphatic heterocycles. The summed E-state index contributed by atoms with van der Waals surface area (Å²) in [5.41, 5.74) is 2.39. The van der Waals surface area contributed by atoms with E-state index >= 15 is 0 Å². The number of rotatable bonds is 6. The normalized spacial score (nSPS) is 10.8. The summed E-state index contributed by atoms with van der Waals surface area (Å²) in [6.07, 6.45) is 0. The van der Waals surface area contributed by atoms with Crippen molar-refractivity contribution in [3.8, 4) is 0 Å². The van der Waals surface area contributed by atoms with Crippen molar-refractivity contribution in [1.29, 1.82) is 0 Å². The number of benzene rings is 3. The molecule has 3 aromatic carbocycles. The number of nitrogens with zero attached hydrogens (tertiary/aromatic N) is 2. The lowest BCUT2D eigenvalue weighted by Crippen LogP contribution is -2.36. The van der Waals surface area contributed by atoms with Gasteiger partial charge in [0.1, 0.15) is 11.5 Å². The van der Waals surface area contributed by atoms with E-state index < -0.39 is 0 Å². The Kier molecular flexibility index (Phi) is 5.80. The van der Waals surface area contributed by atoms with Crippen LogP contribution in [0.5, 0.6) is 0 Å². The maximum atomic E-state index is 14.3. The Balaban J connectivity index is 1.60. The molecule has 1 heterocycles. The minimum Gasteiger partial charge on any atom is -0.332 e. The predicted molar refractivity (Wildman–Crippen MR) is 119 cm³/mol. The number of aromatic nitrogens is 1. The maximum Gasteiger partial charge on any atom is 0.270 e. The second-order valence-electron chi connectivity index (χ2n) is 7.34. The highest BCUT2D eigenvalue weighted by Gasteiger charge is 2.21. The van der Waals surface area contributed by atoms with Crippen LogP contribution in [0.1, 0.15) is 16.1 Å². The third-order valence-electron chi connectivity index (χ3n) is 5.10. The summed E-state index contributed by atoms with van der Waals surface area (Å²) in [5, 5.41) is 3.66. The number of halogens is 1. The van der Waals surface area contributed by atoms with Gasteiger partial charge in [-0.2, -0.15) is 0 Å². The molecule has 1 aromatic heterocycles. The fourth-order valence-electron chi connectivity index (χ4n) is 3.56. The number of para-hydroxylation sites is 2. The number of nitrogens with one attached hydrogen (secondary N) is 1. The molecule has 0 fully saturated rings. The minimum absolute atomic E-state index is 0.102. The van der Waals surface area contributed by atoms with Gasteiger partial charge in [0.25, 0.3) is 5.91 Å². The summed E-state index contributed by atoms with van der Waals surface area (Å²) < 4.78 is 16.1. The second-order valence-corrected chi connectivity index (χ2v) is 7.34. The molecule has 0 atom stereocenters. The fraction of sp³-hybridized carbons (Fsp3) is 0.120. The van der Waals surface area contributed by atoms with Crippen LogP contribution in [0.15, 0.2) is 84.9 Å². The Morgan fingerprint density at radius 3 is 2.39 bits per heavy atom. The molecule has 0 aliphatic carbocycles. The van der Waals surface area contributed by atoms with Gasteiger partial charge < -0.3 is 14.8 Å². The van der Waals surface area contributed by atoms with Crippen molar-refractivity contribution in [3.05, 3.63) is 102 Å². The SMILES string of the molecule is CN(CC(=O)Nc1ccccc1)C(=O)c1cc2ccccc2n1Cc1ccccc1F. The quantitative estimate of drug-likeness (QED) is 0.503. The van der Waals surface area contributed by atoms with Crippen LogP contribution in [0, 0.1) is 5.82 Å². The lowest BCUT2D eigenvalue weighted by molar-refractivity contribution is -0.116. The van der Waals surface area contributed by atoms with E-state index in [1.807, 2.05) is 42.5 Å². The van der Waals surface area contributed by atoms with E-state index in [-0.39, 0.29) is 30.7 Å². The molecule has 0 saturated carbocycles. The van der Waals surface area contributed by atoms with Gasteiger partial charge in [-0.3, -0.25) is 9.59 Å². The molecule has 0 radical (unpaired) electrons. The molecular weight excluding hydrogens is 393 g/mol. The van der Waals surface area contributed by atoms with Gasteiger partial charge in [0, 0.05) is 29.2 Å². The van der Waals surface area contributed by atoms with Crippen LogP contribution in [0.25, 0.3) is 10.9 Å². The van der Waals surface area contributed by atoms with E-state index in [4.69, 9.17) is 0 Å². The number of anilines is 1. The molecule has 4 aromatic rings. The molecule has 0 saturated heterocycles. The topological polar surface area (TPSA) is 54.3 Å². The Hall–Kier alpha value is -3.93. The standard InChI is InChI=1S/C25H22FN3O2/c1-28(17-24(30)27-20-11-3-2-4-12-20)25(31)23-15-18-9-6-8-14-22(18)29(23)16-19-10-5-7-13-21(19)26/h2-15H,16-17H2,1H3,(H,27,30). The number of carbonyl (C=O) groups is 2. The van der Waals surface area contributed by atoms with E-state index in [1.54, 1.807) is 48.0 Å². The number of amides is 2. The molecule has 0 unspecified atom stereocenters. The van der Waals surface area contributed by atoms with Crippen LogP contribution < -0.4 is 5.32 Å². The zero-order chi connectivity index (χ0) is 21.8. The number of likely N-dealkylation sites (N-methyl/N-ethyl adjacent to an activating group) is 1. The Morgan fingerprint density at radius 2 is 1.61 bits per heavy atom. The van der Waals surface area contributed by atoms with Crippen LogP contribution >= 0.6 is 0 Å². The molecule has 1 N–H and O–H groups in total. The van der Waals surface area contributed by atoms with Gasteiger partial charge in [-0.15, -0.1) is 0 Å². The first-order valence-electron chi connectivity index (χ1n) is 9.95. The van der Waals surface area contributed by atoms with Crippen molar-refractivity contribution in [3.63, 3.8) is 0 Å². The van der Waals surface area contributed by atoms with Gasteiger partial charge in [0.15, 0.2) is 0 Å². The molecule has 31 heavy (non-hydrogen) atoms. The largest absolute Gasteiger partial charge is 0.332 e. The van der Waals surface area contributed by atoms with Gasteiger partial charge in [-0.1, -0.05) is 54.6 Å². The first-order chi connectivity index (χ1) is 15.0. The number of carbonyl (C=O) groups excluding carboxylic acids is 2. The highest BCUT2D eigenvalue weighted by atomic mass is 19.1. The van der Waals surface area contributed by atoms with Gasteiger partial charge in [0.05, 0.1) is 13.1 Å². The molecule has 0 spiro atoms. The van der Waals surface area contributed by atoms with Crippen LogP contribution in [-0.2, 0) is 11.3 Å². The first kappa shape index (κ1) is 20.3. The van der Waals surface area contributed by atoms with Crippen molar-refractivity contribution < 1.29 is 14.0 Å². The summed E-state index contributed by atoms with van der Waals surface area (Å²) >= 11 is 0. The Labute approximate surface area is 179 Å². The lowest BCUT2D eigenvalue weighted by Gasteiger charge is -2.19. The van der Waals surface area contributed by atoms with Gasteiger partial charge in [-0.05, 0) is 30.3 Å². The van der Waals surface area contributed by atoms with Gasteiger partial charge in [-0.25, -0.2) is 4.39 Å². The fourth-order valence-corrected chi connectivity index (χ4v) is 3.56. The van der Waals surface area contributed by atoms with Gasteiger partial charge in [0.2, 0.25) is 5.91 Å². The highest BCUT2D eigenvalue weighted by molar-refractivity contribution is 6.01.